The fraction of sp³-hybridized carbons (Fsp3) is 0.833. The van der Waals surface area contributed by atoms with E-state index in [1.54, 1.807) is 0 Å². The van der Waals surface area contributed by atoms with Crippen LogP contribution in [0, 0.1) is 0 Å². The number of aliphatic hydroxyl groups is 5. The van der Waals surface area contributed by atoms with E-state index in [0.29, 0.717) is 0 Å². The van der Waals surface area contributed by atoms with Crippen molar-refractivity contribution >= 4 is 5.78 Å². The monoisotopic (exact) mass is 178 g/mol. The van der Waals surface area contributed by atoms with Gasteiger partial charge in [-0.3, -0.25) is 4.79 Å². The first-order chi connectivity index (χ1) is 5.46. The van der Waals surface area contributed by atoms with E-state index in [2.05, 4.69) is 0 Å². The minimum atomic E-state index is -1.83. The summed E-state index contributed by atoms with van der Waals surface area (Å²) >= 11 is 0. The molecule has 2 unspecified atom stereocenters. The van der Waals surface area contributed by atoms with E-state index >= 15 is 0 Å². The molecule has 1 fully saturated rings. The third-order valence-corrected chi connectivity index (χ3v) is 1.93. The highest BCUT2D eigenvalue weighted by Gasteiger charge is 2.47. The van der Waals surface area contributed by atoms with Crippen LogP contribution in [0.5, 0.6) is 0 Å². The second-order valence-electron chi connectivity index (χ2n) is 2.76. The van der Waals surface area contributed by atoms with Gasteiger partial charge in [0.2, 0.25) is 0 Å². The molecule has 6 nitrogen and oxygen atoms in total. The Bertz CT molecular complexity index is 174. The van der Waals surface area contributed by atoms with Gasteiger partial charge < -0.3 is 25.5 Å². The Hall–Kier alpha value is -0.530. The molecule has 0 bridgehead atoms. The molecule has 1 aliphatic carbocycles. The summed E-state index contributed by atoms with van der Waals surface area (Å²) in [5.41, 5.74) is 0. The van der Waals surface area contributed by atoms with Crippen LogP contribution in [-0.2, 0) is 4.79 Å². The van der Waals surface area contributed by atoms with E-state index in [1.807, 2.05) is 0 Å². The van der Waals surface area contributed by atoms with Crippen molar-refractivity contribution in [3.05, 3.63) is 0 Å². The molecular weight excluding hydrogens is 168 g/mol. The number of hydrogen-bond donors (Lipinski definition) is 5. The predicted molar refractivity (Wildman–Crippen MR) is 35.0 cm³/mol. The number of aliphatic hydroxyl groups excluding tert-OH is 5. The van der Waals surface area contributed by atoms with Crippen LogP contribution in [0.2, 0.25) is 0 Å². The average Bonchev–Trinajstić information content (AvgIpc) is 2.08. The van der Waals surface area contributed by atoms with Crippen LogP contribution < -0.4 is 0 Å². The standard InChI is InChI=1S/C6H10O6/c7-1-2(8)4(10)6(12)5(11)3(1)9/h1-5,7-11H/t1?,2-,3?,4+,5+/m0/s1. The Balaban J connectivity index is 2.83. The van der Waals surface area contributed by atoms with E-state index in [9.17, 15) is 4.79 Å². The molecule has 5 N–H and O–H groups in total. The zero-order valence-electron chi connectivity index (χ0n) is 6.03. The van der Waals surface area contributed by atoms with Crippen molar-refractivity contribution in [3.8, 4) is 0 Å². The maximum absolute atomic E-state index is 10.8. The summed E-state index contributed by atoms with van der Waals surface area (Å²) < 4.78 is 0. The number of rotatable bonds is 0. The minimum Gasteiger partial charge on any atom is -0.387 e. The van der Waals surface area contributed by atoms with Gasteiger partial charge in [0.1, 0.15) is 30.5 Å². The highest BCUT2D eigenvalue weighted by Crippen LogP contribution is 2.17. The first-order valence-corrected chi connectivity index (χ1v) is 3.41. The molecule has 6 heteroatoms. The molecule has 0 saturated heterocycles. The number of Topliss-reactive ketones (excluding diaryl/α,β-unsaturated/α-hetero) is 1. The van der Waals surface area contributed by atoms with Crippen LogP contribution in [0.1, 0.15) is 0 Å². The molecule has 1 saturated carbocycles. The van der Waals surface area contributed by atoms with Crippen molar-refractivity contribution in [2.75, 3.05) is 0 Å². The SMILES string of the molecule is O=C1[C@H](O)C(O)C(O)[C@H](O)[C@H]1O. The van der Waals surface area contributed by atoms with Gasteiger partial charge in [-0.05, 0) is 0 Å². The van der Waals surface area contributed by atoms with Gasteiger partial charge in [-0.1, -0.05) is 0 Å². The zero-order valence-corrected chi connectivity index (χ0v) is 6.03. The van der Waals surface area contributed by atoms with Gasteiger partial charge in [-0.25, -0.2) is 0 Å². The van der Waals surface area contributed by atoms with Crippen molar-refractivity contribution in [3.63, 3.8) is 0 Å². The van der Waals surface area contributed by atoms with Gasteiger partial charge >= 0.3 is 0 Å². The highest BCUT2D eigenvalue weighted by atomic mass is 16.4. The molecule has 0 heterocycles. The Kier molecular flexibility index (Phi) is 2.45. The molecule has 12 heavy (non-hydrogen) atoms. The number of ketones is 1. The minimum absolute atomic E-state index is 1.08. The van der Waals surface area contributed by atoms with Gasteiger partial charge in [0, 0.05) is 0 Å². The van der Waals surface area contributed by atoms with Crippen molar-refractivity contribution < 1.29 is 30.3 Å². The van der Waals surface area contributed by atoms with Crippen molar-refractivity contribution in [1.82, 2.24) is 0 Å². The Labute approximate surface area is 67.7 Å². The molecule has 0 aromatic carbocycles. The maximum atomic E-state index is 10.8. The van der Waals surface area contributed by atoms with Crippen LogP contribution in [-0.4, -0.2) is 61.8 Å². The van der Waals surface area contributed by atoms with Gasteiger partial charge in [0.15, 0.2) is 5.78 Å². The van der Waals surface area contributed by atoms with Gasteiger partial charge in [0.05, 0.1) is 0 Å². The molecule has 0 radical (unpaired) electrons. The molecule has 0 aliphatic heterocycles. The highest BCUT2D eigenvalue weighted by molar-refractivity contribution is 5.89. The molecule has 5 atom stereocenters. The lowest BCUT2D eigenvalue weighted by molar-refractivity contribution is -0.185. The van der Waals surface area contributed by atoms with Gasteiger partial charge in [-0.15, -0.1) is 0 Å². The Morgan fingerprint density at radius 1 is 0.750 bits per heavy atom. The topological polar surface area (TPSA) is 118 Å². The van der Waals surface area contributed by atoms with Crippen LogP contribution in [0.4, 0.5) is 0 Å². The fourth-order valence-electron chi connectivity index (χ4n) is 1.09. The molecule has 0 amide bonds. The maximum Gasteiger partial charge on any atom is 0.195 e. The average molecular weight is 178 g/mol. The number of carbonyl (C=O) groups is 1. The molecule has 1 rings (SSSR count). The summed E-state index contributed by atoms with van der Waals surface area (Å²) in [6, 6.07) is 0. The lowest BCUT2D eigenvalue weighted by Crippen LogP contribution is -2.61. The smallest absolute Gasteiger partial charge is 0.195 e. The normalized spacial score (nSPS) is 49.4. The number of carbonyl (C=O) groups excluding carboxylic acids is 1. The number of hydrogen-bond acceptors (Lipinski definition) is 6. The third kappa shape index (κ3) is 1.23. The molecule has 0 aromatic rings. The summed E-state index contributed by atoms with van der Waals surface area (Å²) in [6.07, 6.45) is -8.85. The first kappa shape index (κ1) is 9.56. The van der Waals surface area contributed by atoms with Crippen LogP contribution in [0.25, 0.3) is 0 Å². The van der Waals surface area contributed by atoms with E-state index in [0.717, 1.165) is 0 Å². The Morgan fingerprint density at radius 2 is 1.08 bits per heavy atom. The quantitative estimate of drug-likeness (QED) is 0.261. The van der Waals surface area contributed by atoms with E-state index in [4.69, 9.17) is 25.5 Å². The van der Waals surface area contributed by atoms with E-state index in [-0.39, 0.29) is 0 Å². The predicted octanol–water partition coefficient (Wildman–Crippen LogP) is -3.63. The second kappa shape index (κ2) is 3.08. The Morgan fingerprint density at radius 3 is 1.42 bits per heavy atom. The van der Waals surface area contributed by atoms with Crippen LogP contribution >= 0.6 is 0 Å². The molecule has 0 aromatic heterocycles. The lowest BCUT2D eigenvalue weighted by atomic mass is 9.86. The van der Waals surface area contributed by atoms with Crippen molar-refractivity contribution in [1.29, 1.82) is 0 Å². The third-order valence-electron chi connectivity index (χ3n) is 1.93. The molecule has 0 spiro atoms. The van der Waals surface area contributed by atoms with Crippen molar-refractivity contribution in [2.24, 2.45) is 0 Å². The molecular formula is C6H10O6. The van der Waals surface area contributed by atoms with Crippen molar-refractivity contribution in [2.45, 2.75) is 30.5 Å². The van der Waals surface area contributed by atoms with E-state index < -0.39 is 36.3 Å². The van der Waals surface area contributed by atoms with Crippen LogP contribution in [0.15, 0.2) is 0 Å². The second-order valence-corrected chi connectivity index (χ2v) is 2.76. The first-order valence-electron chi connectivity index (χ1n) is 3.41. The van der Waals surface area contributed by atoms with Gasteiger partial charge in [-0.2, -0.15) is 0 Å². The fourth-order valence-corrected chi connectivity index (χ4v) is 1.09. The lowest BCUT2D eigenvalue weighted by Gasteiger charge is -2.34. The van der Waals surface area contributed by atoms with Crippen LogP contribution in [0.3, 0.4) is 0 Å². The summed E-state index contributed by atoms with van der Waals surface area (Å²) in [7, 11) is 0. The largest absolute Gasteiger partial charge is 0.387 e. The summed E-state index contributed by atoms with van der Waals surface area (Å²) in [4.78, 5) is 10.8. The molecule has 1 aliphatic rings. The van der Waals surface area contributed by atoms with E-state index in [1.165, 1.54) is 0 Å². The molecule has 70 valence electrons. The summed E-state index contributed by atoms with van der Waals surface area (Å²) in [5.74, 6) is -1.08. The summed E-state index contributed by atoms with van der Waals surface area (Å²) in [5, 5.41) is 44.5. The summed E-state index contributed by atoms with van der Waals surface area (Å²) in [6.45, 7) is 0. The van der Waals surface area contributed by atoms with Gasteiger partial charge in [0.25, 0.3) is 0 Å². The zero-order chi connectivity index (χ0) is 9.46.